The molecule has 0 fully saturated rings. The van der Waals surface area contributed by atoms with E-state index in [1.54, 1.807) is 31.5 Å². The minimum atomic E-state index is -0.674. The van der Waals surface area contributed by atoms with Crippen LogP contribution in [0, 0.1) is 25.2 Å². The number of pyridine rings is 1. The quantitative estimate of drug-likeness (QED) is 0.361. The first kappa shape index (κ1) is 19.9. The van der Waals surface area contributed by atoms with Gasteiger partial charge >= 0.3 is 5.97 Å². The number of hydrogen-bond donors (Lipinski definition) is 0. The standard InChI is InChI=1S/C23H21N3O3/c1-16-12-18(17(2)26(16)21-7-9-22(28-3)10-8-21)13-19(14-24)23(27)29-15-20-6-4-5-11-25-20/h4-13H,15H2,1-3H3/b19-13+. The molecule has 1 aromatic carbocycles. The van der Waals surface area contributed by atoms with Crippen molar-refractivity contribution in [3.8, 4) is 17.5 Å². The topological polar surface area (TPSA) is 77.1 Å². The number of esters is 1. The molecule has 0 unspecified atom stereocenters. The number of nitriles is 1. The van der Waals surface area contributed by atoms with Crippen LogP contribution in [0.4, 0.5) is 0 Å². The highest BCUT2D eigenvalue weighted by atomic mass is 16.5. The molecule has 2 heterocycles. The Morgan fingerprint density at radius 3 is 2.59 bits per heavy atom. The molecule has 0 radical (unpaired) electrons. The van der Waals surface area contributed by atoms with Crippen molar-refractivity contribution in [2.75, 3.05) is 7.11 Å². The average molecular weight is 387 g/mol. The molecule has 6 nitrogen and oxygen atoms in total. The smallest absolute Gasteiger partial charge is 0.349 e. The second-order valence-corrected chi connectivity index (χ2v) is 6.43. The summed E-state index contributed by atoms with van der Waals surface area (Å²) in [6.07, 6.45) is 3.18. The Morgan fingerprint density at radius 1 is 1.21 bits per heavy atom. The summed E-state index contributed by atoms with van der Waals surface area (Å²) in [5.74, 6) is 0.103. The number of rotatable bonds is 6. The van der Waals surface area contributed by atoms with Crippen LogP contribution in [0.3, 0.4) is 0 Å². The highest BCUT2D eigenvalue weighted by molar-refractivity contribution is 5.98. The third-order valence-corrected chi connectivity index (χ3v) is 4.52. The number of aromatic nitrogens is 2. The van der Waals surface area contributed by atoms with E-state index in [1.807, 2.05) is 56.3 Å². The van der Waals surface area contributed by atoms with Crippen LogP contribution in [0.25, 0.3) is 11.8 Å². The Morgan fingerprint density at radius 2 is 1.97 bits per heavy atom. The fourth-order valence-corrected chi connectivity index (χ4v) is 3.06. The summed E-state index contributed by atoms with van der Waals surface area (Å²) in [4.78, 5) is 16.4. The minimum Gasteiger partial charge on any atom is -0.497 e. The van der Waals surface area contributed by atoms with E-state index in [4.69, 9.17) is 9.47 Å². The largest absolute Gasteiger partial charge is 0.497 e. The first-order chi connectivity index (χ1) is 14.0. The zero-order valence-corrected chi connectivity index (χ0v) is 16.5. The molecule has 146 valence electrons. The van der Waals surface area contributed by atoms with Gasteiger partial charge in [-0.05, 0) is 68.0 Å². The highest BCUT2D eigenvalue weighted by Crippen LogP contribution is 2.24. The normalized spacial score (nSPS) is 11.0. The van der Waals surface area contributed by atoms with Crippen LogP contribution < -0.4 is 4.74 Å². The van der Waals surface area contributed by atoms with Gasteiger partial charge in [-0.25, -0.2) is 4.79 Å². The predicted octanol–water partition coefficient (Wildman–Crippen LogP) is 4.15. The molecule has 0 aliphatic carbocycles. The van der Waals surface area contributed by atoms with Gasteiger partial charge in [0.05, 0.1) is 12.8 Å². The van der Waals surface area contributed by atoms with Gasteiger partial charge in [-0.1, -0.05) is 6.07 Å². The third-order valence-electron chi connectivity index (χ3n) is 4.52. The number of carbonyl (C=O) groups is 1. The lowest BCUT2D eigenvalue weighted by molar-refractivity contribution is -0.139. The van der Waals surface area contributed by atoms with Gasteiger partial charge in [0.15, 0.2) is 0 Å². The lowest BCUT2D eigenvalue weighted by atomic mass is 10.1. The lowest BCUT2D eigenvalue weighted by Gasteiger charge is -2.10. The number of nitrogens with zero attached hydrogens (tertiary/aromatic N) is 3. The summed E-state index contributed by atoms with van der Waals surface area (Å²) in [6.45, 7) is 3.93. The maximum atomic E-state index is 12.3. The van der Waals surface area contributed by atoms with Crippen molar-refractivity contribution in [2.24, 2.45) is 0 Å². The first-order valence-corrected chi connectivity index (χ1v) is 9.05. The molecule has 0 saturated heterocycles. The van der Waals surface area contributed by atoms with Crippen LogP contribution in [0.15, 0.2) is 60.3 Å². The van der Waals surface area contributed by atoms with E-state index >= 15 is 0 Å². The van der Waals surface area contributed by atoms with Gasteiger partial charge in [0, 0.05) is 23.3 Å². The van der Waals surface area contributed by atoms with Gasteiger partial charge in [-0.2, -0.15) is 5.26 Å². The second-order valence-electron chi connectivity index (χ2n) is 6.43. The zero-order chi connectivity index (χ0) is 20.8. The van der Waals surface area contributed by atoms with Crippen LogP contribution in [-0.4, -0.2) is 22.6 Å². The molecule has 0 N–H and O–H groups in total. The van der Waals surface area contributed by atoms with Crippen LogP contribution in [0.5, 0.6) is 5.75 Å². The SMILES string of the molecule is COc1ccc(-n2c(C)cc(/C=C(\C#N)C(=O)OCc3ccccn3)c2C)cc1. The molecule has 0 atom stereocenters. The van der Waals surface area contributed by atoms with Crippen molar-refractivity contribution in [2.45, 2.75) is 20.5 Å². The molecule has 0 aliphatic heterocycles. The van der Waals surface area contributed by atoms with Gasteiger partial charge in [0.1, 0.15) is 24.0 Å². The molecule has 0 aliphatic rings. The van der Waals surface area contributed by atoms with Crippen molar-refractivity contribution in [1.82, 2.24) is 9.55 Å². The highest BCUT2D eigenvalue weighted by Gasteiger charge is 2.15. The van der Waals surface area contributed by atoms with Crippen molar-refractivity contribution >= 4 is 12.0 Å². The van der Waals surface area contributed by atoms with Crippen molar-refractivity contribution < 1.29 is 14.3 Å². The number of ether oxygens (including phenoxy) is 2. The summed E-state index contributed by atoms with van der Waals surface area (Å²) >= 11 is 0. The minimum absolute atomic E-state index is 0.0174. The van der Waals surface area contributed by atoms with Gasteiger partial charge in [-0.3, -0.25) is 4.98 Å². The van der Waals surface area contributed by atoms with E-state index in [0.29, 0.717) is 5.69 Å². The van der Waals surface area contributed by atoms with E-state index in [0.717, 1.165) is 28.4 Å². The summed E-state index contributed by atoms with van der Waals surface area (Å²) in [5.41, 5.74) is 4.21. The Bertz CT molecular complexity index is 1080. The number of benzene rings is 1. The summed E-state index contributed by atoms with van der Waals surface area (Å²) in [7, 11) is 1.63. The number of hydrogen-bond acceptors (Lipinski definition) is 5. The first-order valence-electron chi connectivity index (χ1n) is 9.05. The summed E-state index contributed by atoms with van der Waals surface area (Å²) in [6, 6.07) is 16.9. The van der Waals surface area contributed by atoms with Crippen molar-refractivity contribution in [3.63, 3.8) is 0 Å². The van der Waals surface area contributed by atoms with Crippen LogP contribution in [0.2, 0.25) is 0 Å². The molecule has 29 heavy (non-hydrogen) atoms. The van der Waals surface area contributed by atoms with E-state index in [-0.39, 0.29) is 12.2 Å². The van der Waals surface area contributed by atoms with E-state index < -0.39 is 5.97 Å². The molecule has 0 spiro atoms. The molecular weight excluding hydrogens is 366 g/mol. The summed E-state index contributed by atoms with van der Waals surface area (Å²) < 4.78 is 12.5. The fourth-order valence-electron chi connectivity index (χ4n) is 3.06. The Kier molecular flexibility index (Phi) is 6.10. The Hall–Kier alpha value is -3.85. The third kappa shape index (κ3) is 4.53. The van der Waals surface area contributed by atoms with Gasteiger partial charge in [0.25, 0.3) is 0 Å². The van der Waals surface area contributed by atoms with Crippen LogP contribution in [-0.2, 0) is 16.1 Å². The van der Waals surface area contributed by atoms with Crippen molar-refractivity contribution in [1.29, 1.82) is 5.26 Å². The van der Waals surface area contributed by atoms with E-state index in [1.165, 1.54) is 0 Å². The second kappa shape index (κ2) is 8.89. The molecule has 0 saturated carbocycles. The zero-order valence-electron chi connectivity index (χ0n) is 16.5. The lowest BCUT2D eigenvalue weighted by Crippen LogP contribution is -2.07. The van der Waals surface area contributed by atoms with Gasteiger partial charge in [0.2, 0.25) is 0 Å². The molecule has 2 aromatic heterocycles. The number of methoxy groups -OCH3 is 1. The molecule has 3 rings (SSSR count). The molecule has 3 aromatic rings. The average Bonchev–Trinajstić information content (AvgIpc) is 3.03. The van der Waals surface area contributed by atoms with Gasteiger partial charge < -0.3 is 14.0 Å². The summed E-state index contributed by atoms with van der Waals surface area (Å²) in [5, 5.41) is 9.44. The maximum absolute atomic E-state index is 12.3. The van der Waals surface area contributed by atoms with Crippen LogP contribution >= 0.6 is 0 Å². The molecular formula is C23H21N3O3. The maximum Gasteiger partial charge on any atom is 0.349 e. The van der Waals surface area contributed by atoms with Crippen molar-refractivity contribution in [3.05, 3.63) is 82.9 Å². The number of aryl methyl sites for hydroxylation is 1. The van der Waals surface area contributed by atoms with E-state index in [2.05, 4.69) is 9.55 Å². The van der Waals surface area contributed by atoms with Gasteiger partial charge in [-0.15, -0.1) is 0 Å². The fraction of sp³-hybridized carbons (Fsp3) is 0.174. The van der Waals surface area contributed by atoms with E-state index in [9.17, 15) is 10.1 Å². The predicted molar refractivity (Wildman–Crippen MR) is 109 cm³/mol. The monoisotopic (exact) mass is 387 g/mol. The molecule has 6 heteroatoms. The Balaban J connectivity index is 1.84. The van der Waals surface area contributed by atoms with Crippen LogP contribution in [0.1, 0.15) is 22.6 Å². The molecule has 0 amide bonds. The number of carbonyl (C=O) groups excluding carboxylic acids is 1. The molecule has 0 bridgehead atoms. The Labute approximate surface area is 169 Å².